The van der Waals surface area contributed by atoms with E-state index in [2.05, 4.69) is 20.7 Å². The number of fused-ring (bicyclic) bond motifs is 1. The van der Waals surface area contributed by atoms with Crippen LogP contribution in [0.15, 0.2) is 41.7 Å². The molecule has 2 aromatic rings. The van der Waals surface area contributed by atoms with E-state index in [-0.39, 0.29) is 11.4 Å². The molecule has 13 heteroatoms. The summed E-state index contributed by atoms with van der Waals surface area (Å²) in [5.74, 6) is -0.741. The van der Waals surface area contributed by atoms with Gasteiger partial charge in [-0.05, 0) is 23.3 Å². The summed E-state index contributed by atoms with van der Waals surface area (Å²) >= 11 is 2.88. The number of carbonyl (C=O) groups is 3. The van der Waals surface area contributed by atoms with Gasteiger partial charge in [-0.1, -0.05) is 12.1 Å². The van der Waals surface area contributed by atoms with Crippen molar-refractivity contribution in [1.29, 1.82) is 0 Å². The van der Waals surface area contributed by atoms with E-state index >= 15 is 0 Å². The van der Waals surface area contributed by atoms with Crippen molar-refractivity contribution in [3.8, 4) is 5.75 Å². The fraction of sp³-hybridized carbons (Fsp3) is 0.316. The van der Waals surface area contributed by atoms with Crippen LogP contribution in [0, 0.1) is 0 Å². The quantitative estimate of drug-likeness (QED) is 0.331. The number of carboxylic acids is 1. The number of aromatic amines is 1. The van der Waals surface area contributed by atoms with Gasteiger partial charge in [0.25, 0.3) is 5.91 Å². The number of nitrogens with two attached hydrogens (primary N) is 1. The average Bonchev–Trinajstić information content (AvgIpc) is 3.30. The minimum Gasteiger partial charge on any atom is -0.508 e. The zero-order chi connectivity index (χ0) is 22.8. The van der Waals surface area contributed by atoms with Crippen molar-refractivity contribution < 1.29 is 24.6 Å². The van der Waals surface area contributed by atoms with Crippen LogP contribution in [0.25, 0.3) is 0 Å². The minimum atomic E-state index is -1.17. The molecule has 2 aliphatic rings. The molecule has 0 unspecified atom stereocenters. The molecule has 6 N–H and O–H groups in total. The van der Waals surface area contributed by atoms with Crippen molar-refractivity contribution in [2.75, 3.05) is 11.5 Å². The highest BCUT2D eigenvalue weighted by molar-refractivity contribution is 8.00. The highest BCUT2D eigenvalue weighted by Gasteiger charge is 2.54. The van der Waals surface area contributed by atoms with Gasteiger partial charge in [-0.15, -0.1) is 11.8 Å². The summed E-state index contributed by atoms with van der Waals surface area (Å²) in [6, 6.07) is 4.01. The molecule has 1 saturated heterocycles. The molecular weight excluding hydrogens is 456 g/mol. The normalized spacial score (nSPS) is 21.0. The van der Waals surface area contributed by atoms with Crippen molar-refractivity contribution in [2.45, 2.75) is 23.2 Å². The molecule has 4 rings (SSSR count). The highest BCUT2D eigenvalue weighted by Crippen LogP contribution is 2.41. The molecule has 1 aromatic heterocycles. The monoisotopic (exact) mass is 476 g/mol. The SMILES string of the molecule is N[C@@H](C(=O)N[C@@H]1C(=O)N2C(C(=O)O)=C(CSCc3cn[nH]n3)CS[C@H]12)c1ccc(O)cc1. The lowest BCUT2D eigenvalue weighted by Gasteiger charge is -2.49. The summed E-state index contributed by atoms with van der Waals surface area (Å²) in [5, 5.41) is 31.5. The third kappa shape index (κ3) is 4.31. The number of nitrogens with zero attached hydrogens (tertiary/aromatic N) is 3. The molecule has 2 aliphatic heterocycles. The third-order valence-electron chi connectivity index (χ3n) is 5.07. The molecule has 2 amide bonds. The number of nitrogens with one attached hydrogen (secondary N) is 2. The number of thioether (sulfide) groups is 2. The molecule has 0 saturated carbocycles. The maximum Gasteiger partial charge on any atom is 0.352 e. The number of H-pyrrole nitrogens is 1. The van der Waals surface area contributed by atoms with Gasteiger partial charge in [-0.3, -0.25) is 14.5 Å². The van der Waals surface area contributed by atoms with Crippen molar-refractivity contribution in [3.63, 3.8) is 0 Å². The zero-order valence-corrected chi connectivity index (χ0v) is 18.2. The number of β-lactam (4-membered cyclic amide) rings is 1. The summed E-state index contributed by atoms with van der Waals surface area (Å²) in [6.45, 7) is 0. The number of aromatic nitrogens is 3. The Labute approximate surface area is 190 Å². The second-order valence-corrected chi connectivity index (χ2v) is 9.27. The zero-order valence-electron chi connectivity index (χ0n) is 16.6. The number of rotatable bonds is 8. The van der Waals surface area contributed by atoms with Crippen LogP contribution in [0.1, 0.15) is 17.3 Å². The number of amides is 2. The van der Waals surface area contributed by atoms with Crippen molar-refractivity contribution >= 4 is 41.3 Å². The van der Waals surface area contributed by atoms with Gasteiger partial charge in [-0.2, -0.15) is 27.2 Å². The first-order chi connectivity index (χ1) is 15.4. The van der Waals surface area contributed by atoms with E-state index in [1.54, 1.807) is 6.20 Å². The van der Waals surface area contributed by atoms with E-state index in [9.17, 15) is 24.6 Å². The van der Waals surface area contributed by atoms with E-state index < -0.39 is 35.2 Å². The van der Waals surface area contributed by atoms with Gasteiger partial charge in [0, 0.05) is 17.3 Å². The molecule has 0 bridgehead atoms. The number of carboxylic acid groups (broad SMARTS) is 1. The number of aromatic hydroxyl groups is 1. The Hall–Kier alpha value is -3.03. The van der Waals surface area contributed by atoms with Crippen molar-refractivity contribution in [1.82, 2.24) is 25.6 Å². The molecule has 0 aliphatic carbocycles. The number of phenols is 1. The van der Waals surface area contributed by atoms with Crippen LogP contribution in [0.2, 0.25) is 0 Å². The molecule has 0 radical (unpaired) electrons. The second-order valence-electron chi connectivity index (χ2n) is 7.18. The van der Waals surface area contributed by atoms with Gasteiger partial charge in [-0.25, -0.2) is 4.79 Å². The topological polar surface area (TPSA) is 175 Å². The second kappa shape index (κ2) is 9.22. The Morgan fingerprint density at radius 3 is 2.75 bits per heavy atom. The van der Waals surface area contributed by atoms with Crippen molar-refractivity contribution in [2.24, 2.45) is 5.73 Å². The van der Waals surface area contributed by atoms with Gasteiger partial charge in [0.15, 0.2) is 0 Å². The van der Waals surface area contributed by atoms with Crippen LogP contribution in [0.4, 0.5) is 0 Å². The van der Waals surface area contributed by atoms with E-state index in [1.807, 2.05) is 0 Å². The predicted molar refractivity (Wildman–Crippen MR) is 117 cm³/mol. The Morgan fingerprint density at radius 1 is 1.34 bits per heavy atom. The summed E-state index contributed by atoms with van der Waals surface area (Å²) < 4.78 is 0. The third-order valence-corrected chi connectivity index (χ3v) is 7.47. The number of hydrogen-bond acceptors (Lipinski definition) is 9. The lowest BCUT2D eigenvalue weighted by molar-refractivity contribution is -0.150. The fourth-order valence-electron chi connectivity index (χ4n) is 3.44. The number of phenolic OH excluding ortho intramolecular Hbond substituents is 1. The number of hydrogen-bond donors (Lipinski definition) is 5. The lowest BCUT2D eigenvalue weighted by atomic mass is 10.0. The molecule has 3 atom stereocenters. The molecule has 1 fully saturated rings. The van der Waals surface area contributed by atoms with Crippen LogP contribution in [0.5, 0.6) is 5.75 Å². The molecule has 0 spiro atoms. The summed E-state index contributed by atoms with van der Waals surface area (Å²) in [4.78, 5) is 38.5. The Kier molecular flexibility index (Phi) is 6.39. The van der Waals surface area contributed by atoms with Gasteiger partial charge >= 0.3 is 5.97 Å². The molecule has 168 valence electrons. The van der Waals surface area contributed by atoms with Crippen LogP contribution in [-0.4, -0.2) is 71.2 Å². The molecule has 1 aromatic carbocycles. The van der Waals surface area contributed by atoms with Gasteiger partial charge < -0.3 is 21.3 Å². The van der Waals surface area contributed by atoms with Crippen molar-refractivity contribution in [3.05, 3.63) is 53.0 Å². The standard InChI is InChI=1S/C19H20N6O5S2/c20-13(9-1-3-12(26)4-2-9)16(27)22-14-17(28)25-15(19(29)30)10(7-32-18(14)25)6-31-8-11-5-21-24-23-11/h1-5,13-14,18,26H,6-8,20H2,(H,22,27)(H,29,30)(H,21,23,24)/t13-,14-,18-/m1/s1. The van der Waals surface area contributed by atoms with E-state index in [0.717, 1.165) is 5.69 Å². The van der Waals surface area contributed by atoms with E-state index in [1.165, 1.54) is 52.7 Å². The predicted octanol–water partition coefficient (Wildman–Crippen LogP) is 0.182. The lowest BCUT2D eigenvalue weighted by Crippen LogP contribution is -2.71. The highest BCUT2D eigenvalue weighted by atomic mass is 32.2. The smallest absolute Gasteiger partial charge is 0.352 e. The largest absolute Gasteiger partial charge is 0.508 e. The Morgan fingerprint density at radius 2 is 2.09 bits per heavy atom. The summed E-state index contributed by atoms with van der Waals surface area (Å²) in [6.07, 6.45) is 1.60. The first kappa shape index (κ1) is 22.2. The summed E-state index contributed by atoms with van der Waals surface area (Å²) in [5.41, 5.74) is 7.83. The van der Waals surface area contributed by atoms with Crippen LogP contribution in [0.3, 0.4) is 0 Å². The summed E-state index contributed by atoms with van der Waals surface area (Å²) in [7, 11) is 0. The maximum atomic E-state index is 12.8. The van der Waals surface area contributed by atoms with Crippen LogP contribution < -0.4 is 11.1 Å². The van der Waals surface area contributed by atoms with Gasteiger partial charge in [0.2, 0.25) is 5.91 Å². The minimum absolute atomic E-state index is 0.0280. The molecule has 32 heavy (non-hydrogen) atoms. The average molecular weight is 477 g/mol. The maximum absolute atomic E-state index is 12.8. The van der Waals surface area contributed by atoms with E-state index in [4.69, 9.17) is 5.73 Å². The first-order valence-electron chi connectivity index (χ1n) is 9.54. The molecule has 3 heterocycles. The Bertz CT molecular complexity index is 1060. The molecule has 11 nitrogen and oxygen atoms in total. The number of carbonyl (C=O) groups excluding carboxylic acids is 2. The van der Waals surface area contributed by atoms with Crippen LogP contribution in [-0.2, 0) is 20.1 Å². The van der Waals surface area contributed by atoms with E-state index in [0.29, 0.717) is 28.4 Å². The number of aliphatic carboxylic acids is 1. The van der Waals surface area contributed by atoms with Gasteiger partial charge in [0.1, 0.15) is 28.9 Å². The Balaban J connectivity index is 1.41. The fourth-order valence-corrected chi connectivity index (χ4v) is 5.85. The first-order valence-corrected chi connectivity index (χ1v) is 11.7. The van der Waals surface area contributed by atoms with Crippen LogP contribution >= 0.6 is 23.5 Å². The number of benzene rings is 1. The molecular formula is C19H20N6O5S2. The van der Waals surface area contributed by atoms with Gasteiger partial charge in [0.05, 0.1) is 11.9 Å².